The third-order valence-corrected chi connectivity index (χ3v) is 4.69. The van der Waals surface area contributed by atoms with Crippen molar-refractivity contribution in [1.29, 1.82) is 0 Å². The van der Waals surface area contributed by atoms with Gasteiger partial charge in [0, 0.05) is 39.7 Å². The Kier molecular flexibility index (Phi) is 9.31. The van der Waals surface area contributed by atoms with E-state index in [2.05, 4.69) is 69.0 Å². The SMILES string of the molecule is CN=C(NCc1cccc(CN(C)C)c1)NC1CCc2nc(COC)nn2C1.I. The van der Waals surface area contributed by atoms with E-state index in [1.807, 2.05) is 4.68 Å². The number of rotatable bonds is 7. The van der Waals surface area contributed by atoms with E-state index in [0.717, 1.165) is 50.1 Å². The van der Waals surface area contributed by atoms with Crippen molar-refractivity contribution in [3.8, 4) is 0 Å². The van der Waals surface area contributed by atoms with Crippen LogP contribution in [0.25, 0.3) is 0 Å². The molecule has 0 amide bonds. The van der Waals surface area contributed by atoms with Crippen LogP contribution in [0, 0.1) is 0 Å². The summed E-state index contributed by atoms with van der Waals surface area (Å²) in [4.78, 5) is 11.1. The number of nitrogens with one attached hydrogen (secondary N) is 2. The van der Waals surface area contributed by atoms with Gasteiger partial charge in [0.2, 0.25) is 0 Å². The Hall–Kier alpha value is -1.72. The summed E-state index contributed by atoms with van der Waals surface area (Å²) in [6.07, 6.45) is 1.90. The average Bonchev–Trinajstić information content (AvgIpc) is 3.07. The van der Waals surface area contributed by atoms with Crippen molar-refractivity contribution < 1.29 is 4.74 Å². The molecule has 160 valence electrons. The molecule has 0 bridgehead atoms. The van der Waals surface area contributed by atoms with Crippen molar-refractivity contribution in [3.05, 3.63) is 47.0 Å². The Morgan fingerprint density at radius 2 is 2.14 bits per heavy atom. The summed E-state index contributed by atoms with van der Waals surface area (Å²) >= 11 is 0. The topological polar surface area (TPSA) is 79.6 Å². The summed E-state index contributed by atoms with van der Waals surface area (Å²) < 4.78 is 7.11. The number of aliphatic imine (C=N–C) groups is 1. The smallest absolute Gasteiger partial charge is 0.191 e. The number of ether oxygens (including phenoxy) is 1. The fraction of sp³-hybridized carbons (Fsp3) is 0.550. The number of hydrogen-bond donors (Lipinski definition) is 2. The first-order chi connectivity index (χ1) is 13.6. The largest absolute Gasteiger partial charge is 0.377 e. The van der Waals surface area contributed by atoms with Gasteiger partial charge in [0.25, 0.3) is 0 Å². The van der Waals surface area contributed by atoms with E-state index in [4.69, 9.17) is 4.74 Å². The minimum atomic E-state index is 0. The monoisotopic (exact) mass is 513 g/mol. The van der Waals surface area contributed by atoms with Crippen molar-refractivity contribution in [2.75, 3.05) is 28.3 Å². The summed E-state index contributed by atoms with van der Waals surface area (Å²) in [5.74, 6) is 2.59. The van der Waals surface area contributed by atoms with Gasteiger partial charge >= 0.3 is 0 Å². The predicted octanol–water partition coefficient (Wildman–Crippen LogP) is 1.78. The second-order valence-corrected chi connectivity index (χ2v) is 7.42. The molecular weight excluding hydrogens is 481 g/mol. The van der Waals surface area contributed by atoms with E-state index in [0.29, 0.717) is 6.61 Å². The lowest BCUT2D eigenvalue weighted by molar-refractivity contribution is 0.177. The fourth-order valence-electron chi connectivity index (χ4n) is 3.45. The Labute approximate surface area is 190 Å². The number of fused-ring (bicyclic) bond motifs is 1. The van der Waals surface area contributed by atoms with Gasteiger partial charge in [0.15, 0.2) is 11.8 Å². The highest BCUT2D eigenvalue weighted by molar-refractivity contribution is 14.0. The molecule has 0 aliphatic carbocycles. The van der Waals surface area contributed by atoms with Gasteiger partial charge in [-0.3, -0.25) is 4.99 Å². The molecule has 29 heavy (non-hydrogen) atoms. The average molecular weight is 513 g/mol. The zero-order valence-corrected chi connectivity index (χ0v) is 20.0. The highest BCUT2D eigenvalue weighted by atomic mass is 127. The first-order valence-corrected chi connectivity index (χ1v) is 9.68. The molecule has 1 aromatic heterocycles. The highest BCUT2D eigenvalue weighted by Crippen LogP contribution is 2.13. The van der Waals surface area contributed by atoms with Crippen molar-refractivity contribution in [1.82, 2.24) is 30.3 Å². The van der Waals surface area contributed by atoms with Crippen molar-refractivity contribution in [2.24, 2.45) is 4.99 Å². The Bertz CT molecular complexity index is 806. The van der Waals surface area contributed by atoms with Crippen molar-refractivity contribution in [2.45, 2.75) is 45.1 Å². The van der Waals surface area contributed by atoms with Crippen LogP contribution < -0.4 is 10.6 Å². The molecule has 2 heterocycles. The van der Waals surface area contributed by atoms with E-state index in [-0.39, 0.29) is 30.0 Å². The molecule has 1 atom stereocenters. The number of aromatic nitrogens is 3. The molecule has 8 nitrogen and oxygen atoms in total. The first-order valence-electron chi connectivity index (χ1n) is 9.68. The number of benzene rings is 1. The maximum absolute atomic E-state index is 5.13. The molecule has 1 aromatic carbocycles. The number of halogens is 1. The number of guanidine groups is 1. The molecule has 2 aromatic rings. The summed E-state index contributed by atoms with van der Waals surface area (Å²) in [5, 5.41) is 11.5. The van der Waals surface area contributed by atoms with Gasteiger partial charge in [-0.25, -0.2) is 9.67 Å². The van der Waals surface area contributed by atoms with Crippen LogP contribution >= 0.6 is 24.0 Å². The van der Waals surface area contributed by atoms with Crippen LogP contribution in [0.2, 0.25) is 0 Å². The van der Waals surface area contributed by atoms with Crippen LogP contribution in [0.15, 0.2) is 29.3 Å². The number of methoxy groups -OCH3 is 1. The summed E-state index contributed by atoms with van der Waals surface area (Å²) in [6, 6.07) is 8.91. The van der Waals surface area contributed by atoms with Gasteiger partial charge < -0.3 is 20.3 Å². The van der Waals surface area contributed by atoms with Crippen LogP contribution in [0.3, 0.4) is 0 Å². The zero-order chi connectivity index (χ0) is 19.9. The van der Waals surface area contributed by atoms with Gasteiger partial charge in [0.05, 0.1) is 6.54 Å². The minimum Gasteiger partial charge on any atom is -0.377 e. The van der Waals surface area contributed by atoms with Crippen LogP contribution in [0.1, 0.15) is 29.2 Å². The molecule has 1 aliphatic rings. The van der Waals surface area contributed by atoms with Crippen LogP contribution in [-0.2, 0) is 37.4 Å². The zero-order valence-electron chi connectivity index (χ0n) is 17.7. The normalized spacial score (nSPS) is 16.3. The Morgan fingerprint density at radius 1 is 1.34 bits per heavy atom. The van der Waals surface area contributed by atoms with Gasteiger partial charge in [-0.15, -0.1) is 24.0 Å². The van der Waals surface area contributed by atoms with Crippen molar-refractivity contribution in [3.63, 3.8) is 0 Å². The highest BCUT2D eigenvalue weighted by Gasteiger charge is 2.22. The number of hydrogen-bond acceptors (Lipinski definition) is 5. The van der Waals surface area contributed by atoms with Gasteiger partial charge in [-0.2, -0.15) is 5.10 Å². The second kappa shape index (κ2) is 11.5. The molecule has 0 saturated heterocycles. The molecule has 1 unspecified atom stereocenters. The Morgan fingerprint density at radius 3 is 2.86 bits per heavy atom. The lowest BCUT2D eigenvalue weighted by Crippen LogP contribution is -2.46. The first kappa shape index (κ1) is 23.6. The lowest BCUT2D eigenvalue weighted by Gasteiger charge is -2.25. The third kappa shape index (κ3) is 6.93. The quantitative estimate of drug-likeness (QED) is 0.334. The molecule has 0 spiro atoms. The molecular formula is C20H32IN7O. The second-order valence-electron chi connectivity index (χ2n) is 7.42. The van der Waals surface area contributed by atoms with Gasteiger partial charge in [-0.05, 0) is 31.6 Å². The number of nitrogens with zero attached hydrogens (tertiary/aromatic N) is 5. The summed E-state index contributed by atoms with van der Waals surface area (Å²) in [5.41, 5.74) is 2.55. The van der Waals surface area contributed by atoms with Gasteiger partial charge in [0.1, 0.15) is 12.4 Å². The van der Waals surface area contributed by atoms with Gasteiger partial charge in [-0.1, -0.05) is 24.3 Å². The van der Waals surface area contributed by atoms with E-state index >= 15 is 0 Å². The molecule has 0 saturated carbocycles. The molecule has 9 heteroatoms. The lowest BCUT2D eigenvalue weighted by atomic mass is 10.1. The minimum absolute atomic E-state index is 0. The predicted molar refractivity (Wildman–Crippen MR) is 125 cm³/mol. The van der Waals surface area contributed by atoms with E-state index in [1.165, 1.54) is 11.1 Å². The summed E-state index contributed by atoms with van der Waals surface area (Å²) in [7, 11) is 7.63. The van der Waals surface area contributed by atoms with Crippen molar-refractivity contribution >= 4 is 29.9 Å². The maximum atomic E-state index is 5.13. The standard InChI is InChI=1S/C20H31N7O.HI/c1-21-20(22-11-15-6-5-7-16(10-15)12-26(2)3)23-17-8-9-19-24-18(14-28-4)25-27(19)13-17;/h5-7,10,17H,8-9,11-14H2,1-4H3,(H2,21,22,23);1H. The number of aryl methyl sites for hydroxylation is 1. The Balaban J connectivity index is 0.00000300. The maximum Gasteiger partial charge on any atom is 0.191 e. The molecule has 3 rings (SSSR count). The van der Waals surface area contributed by atoms with E-state index in [9.17, 15) is 0 Å². The van der Waals surface area contributed by atoms with Crippen LogP contribution in [0.5, 0.6) is 0 Å². The molecule has 1 aliphatic heterocycles. The molecule has 0 radical (unpaired) electrons. The summed E-state index contributed by atoms with van der Waals surface area (Å²) in [6.45, 7) is 2.91. The van der Waals surface area contributed by atoms with E-state index < -0.39 is 0 Å². The third-order valence-electron chi connectivity index (χ3n) is 4.69. The molecule has 0 fully saturated rings. The molecule has 2 N–H and O–H groups in total. The van der Waals surface area contributed by atoms with E-state index in [1.54, 1.807) is 14.2 Å². The fourth-order valence-corrected chi connectivity index (χ4v) is 3.45. The van der Waals surface area contributed by atoms with Crippen LogP contribution in [0.4, 0.5) is 0 Å². The van der Waals surface area contributed by atoms with Crippen LogP contribution in [-0.4, -0.2) is 59.9 Å².